The van der Waals surface area contributed by atoms with Crippen LogP contribution in [-0.2, 0) is 0 Å². The normalized spacial score (nSPS) is 18.0. The highest BCUT2D eigenvalue weighted by atomic mass is 19.1. The summed E-state index contributed by atoms with van der Waals surface area (Å²) in [6.07, 6.45) is 3.91. The predicted octanol–water partition coefficient (Wildman–Crippen LogP) is 5.10. The molecule has 6 nitrogen and oxygen atoms in total. The number of hydrogen-bond donors (Lipinski definition) is 1. The van der Waals surface area contributed by atoms with E-state index in [1.807, 2.05) is 25.1 Å². The molecule has 4 rings (SSSR count). The summed E-state index contributed by atoms with van der Waals surface area (Å²) in [5, 5.41) is 3.86. The van der Waals surface area contributed by atoms with Gasteiger partial charge in [-0.25, -0.2) is 14.4 Å². The first-order valence-electron chi connectivity index (χ1n) is 11.0. The van der Waals surface area contributed by atoms with Crippen molar-refractivity contribution in [1.29, 1.82) is 0 Å². The Labute approximate surface area is 188 Å². The van der Waals surface area contributed by atoms with Crippen molar-refractivity contribution in [2.75, 3.05) is 39.7 Å². The first kappa shape index (κ1) is 22.3. The lowest BCUT2D eigenvalue weighted by Gasteiger charge is -2.38. The standard InChI is InChI=1S/C25H31FN4O2/c1-15-6-9-20(24(26)16(15)2)29-25-19-10-22(31-5)23(11-21(19)27-14-28-25)32-13-18-8-7-17(18)12-30(3)4/h6,9-11,14,17-18H,7-8,12-13H2,1-5H3,(H,27,28,29)/t17?,18-/m1/s1. The monoisotopic (exact) mass is 438 g/mol. The number of anilines is 2. The van der Waals surface area contributed by atoms with Crippen LogP contribution in [0.2, 0.25) is 0 Å². The van der Waals surface area contributed by atoms with Gasteiger partial charge in [0.15, 0.2) is 11.5 Å². The molecule has 1 unspecified atom stereocenters. The van der Waals surface area contributed by atoms with Crippen molar-refractivity contribution < 1.29 is 13.9 Å². The SMILES string of the molecule is COc1cc2c(Nc3ccc(C)c(C)c3F)ncnc2cc1OC[C@H]1CCC1CN(C)C. The molecule has 170 valence electrons. The molecule has 3 aromatic rings. The van der Waals surface area contributed by atoms with E-state index in [9.17, 15) is 4.39 Å². The van der Waals surface area contributed by atoms with Crippen LogP contribution in [0.4, 0.5) is 15.9 Å². The van der Waals surface area contributed by atoms with Crippen molar-refractivity contribution in [3.05, 3.63) is 47.5 Å². The Kier molecular flexibility index (Phi) is 6.46. The van der Waals surface area contributed by atoms with Crippen LogP contribution in [0, 0.1) is 31.5 Å². The second-order valence-electron chi connectivity index (χ2n) is 8.91. The summed E-state index contributed by atoms with van der Waals surface area (Å²) in [4.78, 5) is 11.0. The molecule has 1 aliphatic carbocycles. The van der Waals surface area contributed by atoms with E-state index in [1.54, 1.807) is 20.1 Å². The van der Waals surface area contributed by atoms with Gasteiger partial charge in [-0.1, -0.05) is 6.07 Å². The van der Waals surface area contributed by atoms with Crippen molar-refractivity contribution >= 4 is 22.4 Å². The lowest BCUT2D eigenvalue weighted by atomic mass is 9.74. The summed E-state index contributed by atoms with van der Waals surface area (Å²) in [6, 6.07) is 7.34. The molecule has 2 aromatic carbocycles. The van der Waals surface area contributed by atoms with Crippen molar-refractivity contribution in [1.82, 2.24) is 14.9 Å². The molecule has 32 heavy (non-hydrogen) atoms. The number of nitrogens with one attached hydrogen (secondary N) is 1. The van der Waals surface area contributed by atoms with E-state index in [2.05, 4.69) is 34.3 Å². The topological polar surface area (TPSA) is 59.5 Å². The minimum atomic E-state index is -0.281. The van der Waals surface area contributed by atoms with E-state index in [-0.39, 0.29) is 5.82 Å². The molecule has 1 N–H and O–H groups in total. The third kappa shape index (κ3) is 4.48. The number of hydrogen-bond acceptors (Lipinski definition) is 6. The van der Waals surface area contributed by atoms with E-state index in [1.165, 1.54) is 19.2 Å². The van der Waals surface area contributed by atoms with Gasteiger partial charge in [0, 0.05) is 18.0 Å². The minimum Gasteiger partial charge on any atom is -0.493 e. The molecule has 0 saturated heterocycles. The first-order chi connectivity index (χ1) is 15.4. The van der Waals surface area contributed by atoms with Gasteiger partial charge in [-0.05, 0) is 75.9 Å². The Morgan fingerprint density at radius 1 is 1.09 bits per heavy atom. The number of benzene rings is 2. The third-order valence-electron chi connectivity index (χ3n) is 6.46. The molecule has 0 spiro atoms. The van der Waals surface area contributed by atoms with Crippen LogP contribution < -0.4 is 14.8 Å². The Morgan fingerprint density at radius 2 is 1.88 bits per heavy atom. The van der Waals surface area contributed by atoms with Crippen LogP contribution in [0.15, 0.2) is 30.6 Å². The van der Waals surface area contributed by atoms with Crippen LogP contribution in [-0.4, -0.2) is 49.2 Å². The zero-order valence-electron chi connectivity index (χ0n) is 19.4. The maximum atomic E-state index is 14.7. The van der Waals surface area contributed by atoms with E-state index >= 15 is 0 Å². The second-order valence-corrected chi connectivity index (χ2v) is 8.91. The van der Waals surface area contributed by atoms with E-state index in [0.717, 1.165) is 17.5 Å². The molecule has 1 aromatic heterocycles. The number of aromatic nitrogens is 2. The molecule has 1 aliphatic rings. The molecule has 2 atom stereocenters. The lowest BCUT2D eigenvalue weighted by molar-refractivity contribution is 0.0806. The van der Waals surface area contributed by atoms with Gasteiger partial charge in [0.2, 0.25) is 0 Å². The number of fused-ring (bicyclic) bond motifs is 1. The number of halogens is 1. The summed E-state index contributed by atoms with van der Waals surface area (Å²) in [5.41, 5.74) is 2.61. The largest absolute Gasteiger partial charge is 0.493 e. The zero-order valence-corrected chi connectivity index (χ0v) is 19.4. The average molecular weight is 439 g/mol. The van der Waals surface area contributed by atoms with Crippen molar-refractivity contribution in [2.45, 2.75) is 26.7 Å². The van der Waals surface area contributed by atoms with Gasteiger partial charge < -0.3 is 19.7 Å². The first-order valence-corrected chi connectivity index (χ1v) is 11.0. The van der Waals surface area contributed by atoms with Crippen molar-refractivity contribution in [3.8, 4) is 11.5 Å². The summed E-state index contributed by atoms with van der Waals surface area (Å²) in [7, 11) is 5.83. The minimum absolute atomic E-state index is 0.281. The lowest BCUT2D eigenvalue weighted by Crippen LogP contribution is -2.37. The second kappa shape index (κ2) is 9.28. The third-order valence-corrected chi connectivity index (χ3v) is 6.46. The number of nitrogens with zero attached hydrogens (tertiary/aromatic N) is 3. The Balaban J connectivity index is 1.58. The van der Waals surface area contributed by atoms with Gasteiger partial charge in [0.05, 0.1) is 24.9 Å². The molecular formula is C25H31FN4O2. The fraction of sp³-hybridized carbons (Fsp3) is 0.440. The maximum Gasteiger partial charge on any atom is 0.163 e. The van der Waals surface area contributed by atoms with Gasteiger partial charge in [-0.3, -0.25) is 0 Å². The van der Waals surface area contributed by atoms with E-state index in [0.29, 0.717) is 52.5 Å². The molecule has 0 amide bonds. The molecule has 7 heteroatoms. The Bertz CT molecular complexity index is 1120. The zero-order chi connectivity index (χ0) is 22.8. The summed E-state index contributed by atoms with van der Waals surface area (Å²) in [5.74, 6) is 2.73. The van der Waals surface area contributed by atoms with Gasteiger partial charge in [0.1, 0.15) is 18.0 Å². The maximum absolute atomic E-state index is 14.7. The molecule has 1 heterocycles. The summed E-state index contributed by atoms with van der Waals surface area (Å²) in [6.45, 7) is 5.40. The molecule has 1 fully saturated rings. The fourth-order valence-corrected chi connectivity index (χ4v) is 4.21. The van der Waals surface area contributed by atoms with Crippen LogP contribution in [0.5, 0.6) is 11.5 Å². The number of methoxy groups -OCH3 is 1. The van der Waals surface area contributed by atoms with Gasteiger partial charge >= 0.3 is 0 Å². The molecular weight excluding hydrogens is 407 g/mol. The number of ether oxygens (including phenoxy) is 2. The fourth-order valence-electron chi connectivity index (χ4n) is 4.21. The van der Waals surface area contributed by atoms with Gasteiger partial charge in [0.25, 0.3) is 0 Å². The number of rotatable bonds is 8. The predicted molar refractivity (Wildman–Crippen MR) is 126 cm³/mol. The Morgan fingerprint density at radius 3 is 2.56 bits per heavy atom. The van der Waals surface area contributed by atoms with Crippen molar-refractivity contribution in [2.24, 2.45) is 11.8 Å². The van der Waals surface area contributed by atoms with E-state index in [4.69, 9.17) is 9.47 Å². The van der Waals surface area contributed by atoms with Gasteiger partial charge in [-0.2, -0.15) is 0 Å². The van der Waals surface area contributed by atoms with E-state index < -0.39 is 0 Å². The summed E-state index contributed by atoms with van der Waals surface area (Å²) >= 11 is 0. The van der Waals surface area contributed by atoms with Crippen LogP contribution in [0.25, 0.3) is 10.9 Å². The van der Waals surface area contributed by atoms with Crippen LogP contribution in [0.1, 0.15) is 24.0 Å². The smallest absolute Gasteiger partial charge is 0.163 e. The number of aryl methyl sites for hydroxylation is 1. The molecule has 0 bridgehead atoms. The van der Waals surface area contributed by atoms with Crippen molar-refractivity contribution in [3.63, 3.8) is 0 Å². The van der Waals surface area contributed by atoms with Crippen LogP contribution in [0.3, 0.4) is 0 Å². The average Bonchev–Trinajstić information content (AvgIpc) is 2.76. The van der Waals surface area contributed by atoms with Crippen LogP contribution >= 0.6 is 0 Å². The molecule has 1 saturated carbocycles. The Hall–Kier alpha value is -2.93. The van der Waals surface area contributed by atoms with Gasteiger partial charge in [-0.15, -0.1) is 0 Å². The summed E-state index contributed by atoms with van der Waals surface area (Å²) < 4.78 is 26.5. The highest BCUT2D eigenvalue weighted by Crippen LogP contribution is 2.38. The highest BCUT2D eigenvalue weighted by molar-refractivity contribution is 5.93. The molecule has 0 aliphatic heterocycles. The quantitative estimate of drug-likeness (QED) is 0.528. The highest BCUT2D eigenvalue weighted by Gasteiger charge is 2.31. The molecule has 0 radical (unpaired) electrons.